The molecule has 1 rings (SSSR count). The van der Waals surface area contributed by atoms with Crippen molar-refractivity contribution in [2.45, 2.75) is 51.7 Å². The van der Waals surface area contributed by atoms with Crippen LogP contribution in [-0.4, -0.2) is 45.3 Å². The monoisotopic (exact) mass is 239 g/mol. The van der Waals surface area contributed by atoms with E-state index in [1.54, 1.807) is 6.33 Å². The predicted octanol–water partition coefficient (Wildman–Crippen LogP) is 0.898. The molecule has 0 bridgehead atoms. The zero-order chi connectivity index (χ0) is 13.1. The first kappa shape index (κ1) is 14.1. The molecule has 0 aliphatic heterocycles. The maximum Gasteiger partial charge on any atom is 0.138 e. The molecule has 0 fully saturated rings. The van der Waals surface area contributed by atoms with E-state index in [1.807, 2.05) is 4.68 Å². The molecular formula is C12H25N5. The van der Waals surface area contributed by atoms with Crippen LogP contribution < -0.4 is 5.73 Å². The van der Waals surface area contributed by atoms with Gasteiger partial charge in [-0.25, -0.2) is 4.98 Å². The van der Waals surface area contributed by atoms with Crippen LogP contribution in [0.5, 0.6) is 0 Å². The molecule has 1 aromatic heterocycles. The molecule has 0 radical (unpaired) electrons. The second-order valence-corrected chi connectivity index (χ2v) is 4.91. The average Bonchev–Trinajstić information content (AvgIpc) is 2.74. The van der Waals surface area contributed by atoms with E-state index in [-0.39, 0.29) is 11.6 Å². The predicted molar refractivity (Wildman–Crippen MR) is 69.8 cm³/mol. The van der Waals surface area contributed by atoms with E-state index in [0.29, 0.717) is 0 Å². The lowest BCUT2D eigenvalue weighted by molar-refractivity contribution is 0.130. The summed E-state index contributed by atoms with van der Waals surface area (Å²) in [5.41, 5.74) is 6.35. The van der Waals surface area contributed by atoms with Crippen LogP contribution in [0, 0.1) is 0 Å². The normalized spacial score (nSPS) is 17.1. The van der Waals surface area contributed by atoms with Crippen LogP contribution >= 0.6 is 0 Å². The summed E-state index contributed by atoms with van der Waals surface area (Å²) < 4.78 is 1.91. The van der Waals surface area contributed by atoms with E-state index in [0.717, 1.165) is 25.2 Å². The number of hydrogen-bond acceptors (Lipinski definition) is 4. The average molecular weight is 239 g/mol. The fourth-order valence-electron chi connectivity index (χ4n) is 2.04. The van der Waals surface area contributed by atoms with Gasteiger partial charge in [0.05, 0.1) is 0 Å². The van der Waals surface area contributed by atoms with Crippen LogP contribution in [0.3, 0.4) is 0 Å². The van der Waals surface area contributed by atoms with Crippen molar-refractivity contribution in [1.82, 2.24) is 19.7 Å². The summed E-state index contributed by atoms with van der Waals surface area (Å²) in [4.78, 5) is 6.49. The molecule has 2 unspecified atom stereocenters. The Balaban J connectivity index is 2.81. The molecule has 0 aliphatic rings. The Kier molecular flexibility index (Phi) is 4.65. The van der Waals surface area contributed by atoms with Gasteiger partial charge in [0.25, 0.3) is 0 Å². The fourth-order valence-corrected chi connectivity index (χ4v) is 2.04. The summed E-state index contributed by atoms with van der Waals surface area (Å²) in [5, 5.41) is 4.18. The lowest BCUT2D eigenvalue weighted by Crippen LogP contribution is -2.56. The van der Waals surface area contributed by atoms with Gasteiger partial charge in [0.15, 0.2) is 0 Å². The Morgan fingerprint density at radius 2 is 2.12 bits per heavy atom. The van der Waals surface area contributed by atoms with Gasteiger partial charge in [0, 0.05) is 24.5 Å². The molecule has 98 valence electrons. The van der Waals surface area contributed by atoms with Gasteiger partial charge in [0.2, 0.25) is 0 Å². The second-order valence-electron chi connectivity index (χ2n) is 4.91. The van der Waals surface area contributed by atoms with E-state index in [1.165, 1.54) is 0 Å². The first-order valence-corrected chi connectivity index (χ1v) is 6.25. The minimum absolute atomic E-state index is 0.00940. The van der Waals surface area contributed by atoms with E-state index >= 15 is 0 Å². The first-order chi connectivity index (χ1) is 7.95. The van der Waals surface area contributed by atoms with E-state index in [4.69, 9.17) is 5.73 Å². The van der Waals surface area contributed by atoms with Gasteiger partial charge in [-0.15, -0.1) is 0 Å². The molecule has 2 N–H and O–H groups in total. The number of aryl methyl sites for hydroxylation is 1. The number of nitrogens with two attached hydrogens (primary N) is 1. The third-order valence-electron chi connectivity index (χ3n) is 3.93. The van der Waals surface area contributed by atoms with E-state index in [9.17, 15) is 0 Å². The standard InChI is InChI=1S/C12H25N5/c1-6-12(3,16(4)5)10(13)8-11-14-9-15-17(11)7-2/h9-10H,6-8,13H2,1-5H3. The van der Waals surface area contributed by atoms with Crippen molar-refractivity contribution in [1.29, 1.82) is 0 Å². The molecule has 0 aromatic carbocycles. The Bertz CT molecular complexity index is 346. The Labute approximate surface area is 104 Å². The molecule has 0 saturated heterocycles. The summed E-state index contributed by atoms with van der Waals surface area (Å²) in [7, 11) is 4.15. The number of aromatic nitrogens is 3. The van der Waals surface area contributed by atoms with Gasteiger partial charge in [-0.1, -0.05) is 6.92 Å². The minimum Gasteiger partial charge on any atom is -0.326 e. The summed E-state index contributed by atoms with van der Waals surface area (Å²) in [6.45, 7) is 7.27. The van der Waals surface area contributed by atoms with E-state index < -0.39 is 0 Å². The smallest absolute Gasteiger partial charge is 0.138 e. The first-order valence-electron chi connectivity index (χ1n) is 6.25. The Morgan fingerprint density at radius 3 is 2.59 bits per heavy atom. The number of rotatable bonds is 6. The molecule has 5 heteroatoms. The molecule has 5 nitrogen and oxygen atoms in total. The van der Waals surface area contributed by atoms with Crippen LogP contribution in [0.2, 0.25) is 0 Å². The molecule has 1 aromatic rings. The molecule has 0 saturated carbocycles. The zero-order valence-corrected chi connectivity index (χ0v) is 11.6. The lowest BCUT2D eigenvalue weighted by atomic mass is 9.86. The molecule has 1 heterocycles. The van der Waals surface area contributed by atoms with E-state index in [2.05, 4.69) is 49.8 Å². The molecule has 0 spiro atoms. The molecule has 2 atom stereocenters. The van der Waals surface area contributed by atoms with Gasteiger partial charge in [0.1, 0.15) is 12.2 Å². The number of nitrogens with zero attached hydrogens (tertiary/aromatic N) is 4. The molecule has 17 heavy (non-hydrogen) atoms. The fraction of sp³-hybridized carbons (Fsp3) is 0.833. The second kappa shape index (κ2) is 5.60. The maximum absolute atomic E-state index is 6.36. The zero-order valence-electron chi connectivity index (χ0n) is 11.6. The van der Waals surface area contributed by atoms with Crippen LogP contribution in [0.1, 0.15) is 33.0 Å². The molecule has 0 amide bonds. The highest BCUT2D eigenvalue weighted by atomic mass is 15.3. The van der Waals surface area contributed by atoms with Crippen LogP contribution in [0.15, 0.2) is 6.33 Å². The van der Waals surface area contributed by atoms with Gasteiger partial charge in [-0.2, -0.15) is 5.10 Å². The highest BCUT2D eigenvalue weighted by Gasteiger charge is 2.32. The van der Waals surface area contributed by atoms with Crippen molar-refractivity contribution >= 4 is 0 Å². The minimum atomic E-state index is -0.00940. The topological polar surface area (TPSA) is 60.0 Å². The van der Waals surface area contributed by atoms with Gasteiger partial charge in [-0.05, 0) is 34.4 Å². The largest absolute Gasteiger partial charge is 0.326 e. The SMILES string of the molecule is CCn1ncnc1CC(N)C(C)(CC)N(C)C. The van der Waals surface area contributed by atoms with Crippen LogP contribution in [0.4, 0.5) is 0 Å². The highest BCUT2D eigenvalue weighted by molar-refractivity contribution is 4.99. The Hall–Kier alpha value is -0.940. The lowest BCUT2D eigenvalue weighted by Gasteiger charge is -2.40. The summed E-state index contributed by atoms with van der Waals surface area (Å²) >= 11 is 0. The van der Waals surface area contributed by atoms with Crippen molar-refractivity contribution in [2.24, 2.45) is 5.73 Å². The van der Waals surface area contributed by atoms with Gasteiger partial charge in [-0.3, -0.25) is 4.68 Å². The number of hydrogen-bond donors (Lipinski definition) is 1. The van der Waals surface area contributed by atoms with Crippen LogP contribution in [-0.2, 0) is 13.0 Å². The van der Waals surface area contributed by atoms with Crippen molar-refractivity contribution in [3.8, 4) is 0 Å². The van der Waals surface area contributed by atoms with Gasteiger partial charge < -0.3 is 10.6 Å². The van der Waals surface area contributed by atoms with Crippen LogP contribution in [0.25, 0.3) is 0 Å². The van der Waals surface area contributed by atoms with Gasteiger partial charge >= 0.3 is 0 Å². The summed E-state index contributed by atoms with van der Waals surface area (Å²) in [6.07, 6.45) is 3.38. The quantitative estimate of drug-likeness (QED) is 0.801. The summed E-state index contributed by atoms with van der Waals surface area (Å²) in [6, 6.07) is 0.0528. The third-order valence-corrected chi connectivity index (χ3v) is 3.93. The Morgan fingerprint density at radius 1 is 1.47 bits per heavy atom. The summed E-state index contributed by atoms with van der Waals surface area (Å²) in [5.74, 6) is 0.974. The van der Waals surface area contributed by atoms with Crippen molar-refractivity contribution in [2.75, 3.05) is 14.1 Å². The molecule has 0 aliphatic carbocycles. The highest BCUT2D eigenvalue weighted by Crippen LogP contribution is 2.21. The van der Waals surface area contributed by atoms with Crippen molar-refractivity contribution < 1.29 is 0 Å². The number of likely N-dealkylation sites (N-methyl/N-ethyl adjacent to an activating group) is 1. The third kappa shape index (κ3) is 2.84. The maximum atomic E-state index is 6.36. The van der Waals surface area contributed by atoms with Crippen molar-refractivity contribution in [3.63, 3.8) is 0 Å². The van der Waals surface area contributed by atoms with Crippen molar-refractivity contribution in [3.05, 3.63) is 12.2 Å². The molecular weight excluding hydrogens is 214 g/mol.